The van der Waals surface area contributed by atoms with Crippen LogP contribution < -0.4 is 5.32 Å². The summed E-state index contributed by atoms with van der Waals surface area (Å²) in [5.74, 6) is 0.696. The van der Waals surface area contributed by atoms with E-state index in [0.29, 0.717) is 23.5 Å². The Morgan fingerprint density at radius 1 is 1.30 bits per heavy atom. The van der Waals surface area contributed by atoms with Crippen LogP contribution in [0.3, 0.4) is 0 Å². The van der Waals surface area contributed by atoms with Gasteiger partial charge in [-0.15, -0.1) is 11.3 Å². The van der Waals surface area contributed by atoms with Crippen LogP contribution in [0.5, 0.6) is 0 Å². The number of carbonyl (C=O) groups is 1. The number of hydrogen-bond acceptors (Lipinski definition) is 4. The van der Waals surface area contributed by atoms with Gasteiger partial charge in [0.05, 0.1) is 11.3 Å². The Labute approximate surface area is 160 Å². The summed E-state index contributed by atoms with van der Waals surface area (Å²) in [5.41, 5.74) is -0.0239. The molecule has 1 aliphatic heterocycles. The minimum Gasteiger partial charge on any atom is -0.298 e. The van der Waals surface area contributed by atoms with E-state index in [-0.39, 0.29) is 5.56 Å². The third kappa shape index (κ3) is 5.29. The molecule has 2 aromatic rings. The fraction of sp³-hybridized carbons (Fsp3) is 0.474. The van der Waals surface area contributed by atoms with Crippen molar-refractivity contribution in [1.82, 2.24) is 9.88 Å². The van der Waals surface area contributed by atoms with Crippen LogP contribution in [0.15, 0.2) is 29.6 Å². The largest absolute Gasteiger partial charge is 0.416 e. The summed E-state index contributed by atoms with van der Waals surface area (Å²) < 4.78 is 38.4. The van der Waals surface area contributed by atoms with E-state index in [4.69, 9.17) is 0 Å². The highest BCUT2D eigenvalue weighted by Crippen LogP contribution is 2.30. The monoisotopic (exact) mass is 397 g/mol. The van der Waals surface area contributed by atoms with Crippen molar-refractivity contribution in [3.05, 3.63) is 46.5 Å². The lowest BCUT2D eigenvalue weighted by Gasteiger charge is -2.34. The Bertz CT molecular complexity index is 795. The second kappa shape index (κ2) is 7.98. The first kappa shape index (κ1) is 19.8. The lowest BCUT2D eigenvalue weighted by atomic mass is 9.92. The molecule has 1 N–H and O–H groups in total. The quantitative estimate of drug-likeness (QED) is 0.799. The van der Waals surface area contributed by atoms with Gasteiger partial charge in [-0.3, -0.25) is 15.0 Å². The van der Waals surface area contributed by atoms with Crippen molar-refractivity contribution in [2.45, 2.75) is 33.0 Å². The Balaban J connectivity index is 1.63. The van der Waals surface area contributed by atoms with Crippen LogP contribution in [0.1, 0.15) is 41.9 Å². The second-order valence-electron chi connectivity index (χ2n) is 7.32. The number of piperidine rings is 1. The maximum absolute atomic E-state index is 12.8. The number of hydrogen-bond donors (Lipinski definition) is 1. The highest BCUT2D eigenvalue weighted by Gasteiger charge is 2.31. The lowest BCUT2D eigenvalue weighted by Crippen LogP contribution is -2.38. The smallest absolute Gasteiger partial charge is 0.298 e. The Morgan fingerprint density at radius 3 is 2.67 bits per heavy atom. The molecule has 146 valence electrons. The summed E-state index contributed by atoms with van der Waals surface area (Å²) in [5, 5.41) is 4.87. The molecule has 1 aromatic heterocycles. The second-order valence-corrected chi connectivity index (χ2v) is 8.17. The number of likely N-dealkylation sites (tertiary alicyclic amines) is 1. The summed E-state index contributed by atoms with van der Waals surface area (Å²) in [7, 11) is 0. The van der Waals surface area contributed by atoms with Gasteiger partial charge in [0.15, 0.2) is 5.13 Å². The molecule has 0 saturated carbocycles. The first-order valence-electron chi connectivity index (χ1n) is 8.86. The van der Waals surface area contributed by atoms with E-state index >= 15 is 0 Å². The molecule has 0 bridgehead atoms. The molecule has 2 unspecified atom stereocenters. The third-order valence-electron chi connectivity index (χ3n) is 4.55. The van der Waals surface area contributed by atoms with E-state index in [9.17, 15) is 18.0 Å². The van der Waals surface area contributed by atoms with Crippen molar-refractivity contribution in [3.63, 3.8) is 0 Å². The molecule has 1 aliphatic rings. The maximum Gasteiger partial charge on any atom is 0.416 e. The third-order valence-corrected chi connectivity index (χ3v) is 5.36. The number of thiazole rings is 1. The van der Waals surface area contributed by atoms with Gasteiger partial charge in [-0.25, -0.2) is 4.98 Å². The zero-order valence-electron chi connectivity index (χ0n) is 15.2. The normalized spacial score (nSPS) is 21.2. The minimum absolute atomic E-state index is 0.0414. The number of nitrogens with one attached hydrogen (secondary N) is 1. The van der Waals surface area contributed by atoms with Gasteiger partial charge in [0.25, 0.3) is 5.91 Å². The molecule has 0 aliphatic carbocycles. The van der Waals surface area contributed by atoms with Crippen LogP contribution in [0.2, 0.25) is 0 Å². The molecule has 2 atom stereocenters. The highest BCUT2D eigenvalue weighted by atomic mass is 32.1. The van der Waals surface area contributed by atoms with Gasteiger partial charge in [0.1, 0.15) is 0 Å². The molecule has 1 amide bonds. The van der Waals surface area contributed by atoms with Gasteiger partial charge in [0, 0.05) is 30.6 Å². The van der Waals surface area contributed by atoms with Crippen molar-refractivity contribution >= 4 is 22.4 Å². The first-order valence-corrected chi connectivity index (χ1v) is 9.74. The lowest BCUT2D eigenvalue weighted by molar-refractivity contribution is -0.137. The van der Waals surface area contributed by atoms with Gasteiger partial charge in [-0.05, 0) is 36.5 Å². The number of amides is 1. The number of nitrogens with zero attached hydrogens (tertiary/aromatic N) is 2. The van der Waals surface area contributed by atoms with Crippen molar-refractivity contribution in [2.24, 2.45) is 11.8 Å². The molecular weight excluding hydrogens is 375 g/mol. The molecule has 8 heteroatoms. The number of carbonyl (C=O) groups excluding carboxylic acids is 1. The fourth-order valence-electron chi connectivity index (χ4n) is 3.59. The van der Waals surface area contributed by atoms with Crippen molar-refractivity contribution in [2.75, 3.05) is 18.4 Å². The standard InChI is InChI=1S/C19H22F3N3OS/c1-12-6-13(2)9-25(8-12)10-16-11-27-18(23-16)24-17(26)14-4-3-5-15(7-14)19(20,21)22/h3-5,7,11-13H,6,8-10H2,1-2H3,(H,23,24,26). The van der Waals surface area contributed by atoms with E-state index in [1.807, 2.05) is 5.38 Å². The van der Waals surface area contributed by atoms with E-state index in [1.165, 1.54) is 29.9 Å². The van der Waals surface area contributed by atoms with E-state index in [0.717, 1.165) is 30.9 Å². The van der Waals surface area contributed by atoms with Gasteiger partial charge >= 0.3 is 6.18 Å². The average molecular weight is 397 g/mol. The van der Waals surface area contributed by atoms with Crippen molar-refractivity contribution in [1.29, 1.82) is 0 Å². The molecule has 2 heterocycles. The van der Waals surface area contributed by atoms with Gasteiger partial charge in [-0.1, -0.05) is 19.9 Å². The highest BCUT2D eigenvalue weighted by molar-refractivity contribution is 7.13. The minimum atomic E-state index is -4.48. The van der Waals surface area contributed by atoms with Crippen molar-refractivity contribution < 1.29 is 18.0 Å². The van der Waals surface area contributed by atoms with Gasteiger partial charge < -0.3 is 0 Å². The number of alkyl halides is 3. The van der Waals surface area contributed by atoms with Crippen LogP contribution in [-0.4, -0.2) is 28.9 Å². The van der Waals surface area contributed by atoms with Gasteiger partial charge in [0.2, 0.25) is 0 Å². The van der Waals surface area contributed by atoms with Crippen LogP contribution in [0.4, 0.5) is 18.3 Å². The van der Waals surface area contributed by atoms with Crippen LogP contribution in [0, 0.1) is 11.8 Å². The van der Waals surface area contributed by atoms with Gasteiger partial charge in [-0.2, -0.15) is 13.2 Å². The van der Waals surface area contributed by atoms with Crippen LogP contribution >= 0.6 is 11.3 Å². The number of benzene rings is 1. The SMILES string of the molecule is CC1CC(C)CN(Cc2csc(NC(=O)c3cccc(C(F)(F)F)c3)n2)C1. The summed E-state index contributed by atoms with van der Waals surface area (Å²) in [6, 6.07) is 4.37. The molecule has 1 saturated heterocycles. The number of halogens is 3. The molecule has 3 rings (SSSR count). The molecule has 4 nitrogen and oxygen atoms in total. The predicted molar refractivity (Wildman–Crippen MR) is 99.7 cm³/mol. The number of rotatable bonds is 4. The predicted octanol–water partition coefficient (Wildman–Crippen LogP) is 4.89. The van der Waals surface area contributed by atoms with Crippen molar-refractivity contribution in [3.8, 4) is 0 Å². The van der Waals surface area contributed by atoms with E-state index in [2.05, 4.69) is 29.0 Å². The molecular formula is C19H22F3N3OS. The first-order chi connectivity index (χ1) is 12.7. The average Bonchev–Trinajstić information content (AvgIpc) is 3.00. The summed E-state index contributed by atoms with van der Waals surface area (Å²) >= 11 is 1.28. The van der Waals surface area contributed by atoms with Crippen LogP contribution in [-0.2, 0) is 12.7 Å². The Morgan fingerprint density at radius 2 is 2.00 bits per heavy atom. The molecule has 1 fully saturated rings. The van der Waals surface area contributed by atoms with E-state index in [1.54, 1.807) is 0 Å². The number of aromatic nitrogens is 1. The molecule has 0 spiro atoms. The zero-order valence-corrected chi connectivity index (χ0v) is 16.0. The molecule has 27 heavy (non-hydrogen) atoms. The summed E-state index contributed by atoms with van der Waals surface area (Å²) in [6.07, 6.45) is -3.25. The summed E-state index contributed by atoms with van der Waals surface area (Å²) in [4.78, 5) is 19.0. The van der Waals surface area contributed by atoms with E-state index < -0.39 is 17.6 Å². The Kier molecular flexibility index (Phi) is 5.86. The molecule has 0 radical (unpaired) electrons. The number of anilines is 1. The maximum atomic E-state index is 12.8. The zero-order chi connectivity index (χ0) is 19.6. The summed E-state index contributed by atoms with van der Waals surface area (Å²) in [6.45, 7) is 7.24. The molecule has 1 aromatic carbocycles. The fourth-order valence-corrected chi connectivity index (χ4v) is 4.29. The van der Waals surface area contributed by atoms with Crippen LogP contribution in [0.25, 0.3) is 0 Å². The Hall–Kier alpha value is -1.93. The topological polar surface area (TPSA) is 45.2 Å².